The standard InChI is InChI=1S/C21H23ClN2OS/c1-14(25)15-3-5-20-17(11-15)19(13-24-9-7-23(2)8-10-24)18-12-16(22)4-6-21(18)26-20/h3-6,11-12,19H,7-10,13H2,1-2H3. The van der Waals surface area contributed by atoms with Crippen molar-refractivity contribution in [2.75, 3.05) is 39.8 Å². The van der Waals surface area contributed by atoms with E-state index >= 15 is 0 Å². The van der Waals surface area contributed by atoms with Gasteiger partial charge in [0.05, 0.1) is 0 Å². The van der Waals surface area contributed by atoms with Crippen molar-refractivity contribution < 1.29 is 4.79 Å². The molecule has 0 saturated carbocycles. The molecule has 2 aromatic rings. The van der Waals surface area contributed by atoms with Crippen LogP contribution in [0.5, 0.6) is 0 Å². The average molecular weight is 387 g/mol. The maximum atomic E-state index is 11.9. The monoisotopic (exact) mass is 386 g/mol. The highest BCUT2D eigenvalue weighted by atomic mass is 35.5. The van der Waals surface area contributed by atoms with Gasteiger partial charge in [-0.25, -0.2) is 0 Å². The van der Waals surface area contributed by atoms with Crippen molar-refractivity contribution in [3.05, 3.63) is 58.1 Å². The minimum Gasteiger partial charge on any atom is -0.304 e. The number of nitrogens with zero attached hydrogens (tertiary/aromatic N) is 2. The zero-order valence-electron chi connectivity index (χ0n) is 15.2. The molecule has 0 aromatic heterocycles. The number of hydrogen-bond acceptors (Lipinski definition) is 4. The van der Waals surface area contributed by atoms with Crippen LogP contribution in [0.4, 0.5) is 0 Å². The van der Waals surface area contributed by atoms with Crippen LogP contribution in [0.25, 0.3) is 0 Å². The first-order chi connectivity index (χ1) is 12.5. The lowest BCUT2D eigenvalue weighted by Crippen LogP contribution is -2.46. The number of Topliss-reactive ketones (excluding diaryl/α,β-unsaturated/α-hetero) is 1. The molecular formula is C21H23ClN2OS. The van der Waals surface area contributed by atoms with Gasteiger partial charge in [0.25, 0.3) is 0 Å². The third-order valence-electron chi connectivity index (χ3n) is 5.40. The highest BCUT2D eigenvalue weighted by Crippen LogP contribution is 2.47. The first kappa shape index (κ1) is 18.1. The van der Waals surface area contributed by atoms with E-state index in [1.54, 1.807) is 18.7 Å². The number of likely N-dealkylation sites (N-methyl/N-ethyl adjacent to an activating group) is 1. The molecule has 2 aliphatic rings. The quantitative estimate of drug-likeness (QED) is 0.730. The number of hydrogen-bond donors (Lipinski definition) is 0. The van der Waals surface area contributed by atoms with Gasteiger partial charge in [0.1, 0.15) is 0 Å². The van der Waals surface area contributed by atoms with Gasteiger partial charge in [0, 0.05) is 59.0 Å². The Morgan fingerprint density at radius 2 is 1.73 bits per heavy atom. The molecular weight excluding hydrogens is 364 g/mol. The molecule has 1 fully saturated rings. The van der Waals surface area contributed by atoms with Gasteiger partial charge in [-0.15, -0.1) is 0 Å². The van der Waals surface area contributed by atoms with Gasteiger partial charge in [-0.1, -0.05) is 29.4 Å². The summed E-state index contributed by atoms with van der Waals surface area (Å²) in [6.45, 7) is 6.97. The maximum Gasteiger partial charge on any atom is 0.159 e. The second kappa shape index (κ2) is 7.35. The van der Waals surface area contributed by atoms with Crippen LogP contribution in [0.3, 0.4) is 0 Å². The summed E-state index contributed by atoms with van der Waals surface area (Å²) in [6.07, 6.45) is 0. The first-order valence-electron chi connectivity index (χ1n) is 9.04. The van der Waals surface area contributed by atoms with Gasteiger partial charge in [-0.3, -0.25) is 9.69 Å². The Labute approximate surface area is 164 Å². The summed E-state index contributed by atoms with van der Waals surface area (Å²) in [4.78, 5) is 19.4. The summed E-state index contributed by atoms with van der Waals surface area (Å²) < 4.78 is 0. The zero-order valence-corrected chi connectivity index (χ0v) is 16.7. The maximum absolute atomic E-state index is 11.9. The number of piperazine rings is 1. The van der Waals surface area contributed by atoms with Crippen molar-refractivity contribution in [3.63, 3.8) is 0 Å². The molecule has 4 rings (SSSR count). The number of rotatable bonds is 3. The number of fused-ring (bicyclic) bond motifs is 2. The molecule has 0 spiro atoms. The highest BCUT2D eigenvalue weighted by molar-refractivity contribution is 7.99. The fourth-order valence-electron chi connectivity index (χ4n) is 3.79. The van der Waals surface area contributed by atoms with E-state index < -0.39 is 0 Å². The Hall–Kier alpha value is -1.33. The molecule has 3 nitrogen and oxygen atoms in total. The van der Waals surface area contributed by atoms with Gasteiger partial charge in [0.15, 0.2) is 5.78 Å². The van der Waals surface area contributed by atoms with Crippen molar-refractivity contribution >= 4 is 29.1 Å². The van der Waals surface area contributed by atoms with E-state index in [1.165, 1.54) is 20.9 Å². The van der Waals surface area contributed by atoms with E-state index in [-0.39, 0.29) is 11.7 Å². The predicted octanol–water partition coefficient (Wildman–Crippen LogP) is 4.39. The number of benzene rings is 2. The topological polar surface area (TPSA) is 23.6 Å². The molecule has 2 aromatic carbocycles. The second-order valence-corrected chi connectivity index (χ2v) is 8.77. The molecule has 0 bridgehead atoms. The summed E-state index contributed by atoms with van der Waals surface area (Å²) >= 11 is 8.11. The van der Waals surface area contributed by atoms with Gasteiger partial charge in [0.2, 0.25) is 0 Å². The molecule has 0 aliphatic carbocycles. The molecule has 0 amide bonds. The largest absolute Gasteiger partial charge is 0.304 e. The molecule has 1 unspecified atom stereocenters. The molecule has 1 atom stereocenters. The van der Waals surface area contributed by atoms with Crippen LogP contribution in [-0.2, 0) is 0 Å². The first-order valence-corrected chi connectivity index (χ1v) is 10.2. The number of halogens is 1. The third-order valence-corrected chi connectivity index (χ3v) is 6.81. The van der Waals surface area contributed by atoms with Crippen molar-refractivity contribution in [1.29, 1.82) is 0 Å². The molecule has 5 heteroatoms. The second-order valence-electron chi connectivity index (χ2n) is 7.25. The van der Waals surface area contributed by atoms with Gasteiger partial charge in [-0.05, 0) is 55.4 Å². The van der Waals surface area contributed by atoms with Gasteiger partial charge in [-0.2, -0.15) is 0 Å². The molecule has 2 heterocycles. The molecule has 1 saturated heterocycles. The van der Waals surface area contributed by atoms with Crippen LogP contribution in [0.1, 0.15) is 34.3 Å². The third kappa shape index (κ3) is 3.56. The lowest BCUT2D eigenvalue weighted by molar-refractivity contribution is 0.101. The smallest absolute Gasteiger partial charge is 0.159 e. The van der Waals surface area contributed by atoms with Crippen LogP contribution < -0.4 is 0 Å². The van der Waals surface area contributed by atoms with E-state index in [4.69, 9.17) is 11.6 Å². The summed E-state index contributed by atoms with van der Waals surface area (Å²) in [6, 6.07) is 12.3. The highest BCUT2D eigenvalue weighted by Gasteiger charge is 2.29. The zero-order chi connectivity index (χ0) is 18.3. The van der Waals surface area contributed by atoms with E-state index in [9.17, 15) is 4.79 Å². The Morgan fingerprint density at radius 1 is 1.08 bits per heavy atom. The fraction of sp³-hybridized carbons (Fsp3) is 0.381. The minimum absolute atomic E-state index is 0.119. The lowest BCUT2D eigenvalue weighted by Gasteiger charge is -2.37. The van der Waals surface area contributed by atoms with E-state index in [2.05, 4.69) is 41.1 Å². The Kier molecular flexibility index (Phi) is 5.11. The lowest BCUT2D eigenvalue weighted by atomic mass is 9.88. The van der Waals surface area contributed by atoms with Crippen LogP contribution in [0.2, 0.25) is 5.02 Å². The molecule has 0 radical (unpaired) electrons. The van der Waals surface area contributed by atoms with Crippen molar-refractivity contribution in [2.45, 2.75) is 22.6 Å². The van der Waals surface area contributed by atoms with Crippen molar-refractivity contribution in [2.24, 2.45) is 0 Å². The number of carbonyl (C=O) groups is 1. The SMILES string of the molecule is CC(=O)c1ccc2c(c1)C(CN1CCN(C)CC1)c1cc(Cl)ccc1S2. The van der Waals surface area contributed by atoms with Gasteiger partial charge < -0.3 is 4.90 Å². The van der Waals surface area contributed by atoms with Crippen LogP contribution in [0.15, 0.2) is 46.2 Å². The Balaban J connectivity index is 1.73. The van der Waals surface area contributed by atoms with Gasteiger partial charge >= 0.3 is 0 Å². The summed E-state index contributed by atoms with van der Waals surface area (Å²) in [5, 5.41) is 0.777. The molecule has 136 valence electrons. The predicted molar refractivity (Wildman–Crippen MR) is 108 cm³/mol. The number of carbonyl (C=O) groups excluding carboxylic acids is 1. The summed E-state index contributed by atoms with van der Waals surface area (Å²) in [5.74, 6) is 0.371. The number of ketones is 1. The molecule has 0 N–H and O–H groups in total. The summed E-state index contributed by atoms with van der Waals surface area (Å²) in [5.41, 5.74) is 3.34. The van der Waals surface area contributed by atoms with Crippen LogP contribution in [-0.4, -0.2) is 55.4 Å². The minimum atomic E-state index is 0.119. The van der Waals surface area contributed by atoms with Crippen molar-refractivity contribution in [3.8, 4) is 0 Å². The van der Waals surface area contributed by atoms with Crippen LogP contribution in [0, 0.1) is 0 Å². The van der Waals surface area contributed by atoms with E-state index in [0.29, 0.717) is 0 Å². The van der Waals surface area contributed by atoms with Crippen molar-refractivity contribution in [1.82, 2.24) is 9.80 Å². The average Bonchev–Trinajstić information content (AvgIpc) is 2.63. The molecule has 26 heavy (non-hydrogen) atoms. The van der Waals surface area contributed by atoms with Crippen LogP contribution >= 0.6 is 23.4 Å². The molecule has 2 aliphatic heterocycles. The Morgan fingerprint density at radius 3 is 2.42 bits per heavy atom. The normalized spacial score (nSPS) is 20.5. The summed E-state index contributed by atoms with van der Waals surface area (Å²) in [7, 11) is 2.18. The van der Waals surface area contributed by atoms with E-state index in [0.717, 1.165) is 43.3 Å². The Bertz CT molecular complexity index is 846. The fourth-order valence-corrected chi connectivity index (χ4v) is 5.12. The van der Waals surface area contributed by atoms with E-state index in [1.807, 2.05) is 12.1 Å².